The highest BCUT2D eigenvalue weighted by Gasteiger charge is 2.12. The zero-order valence-electron chi connectivity index (χ0n) is 17.8. The topological polar surface area (TPSA) is 65.5 Å². The van der Waals surface area contributed by atoms with Crippen molar-refractivity contribution >= 4 is 34.1 Å². The molecule has 0 spiro atoms. The summed E-state index contributed by atoms with van der Waals surface area (Å²) in [6.45, 7) is 0.667. The van der Waals surface area contributed by atoms with Gasteiger partial charge in [-0.15, -0.1) is 0 Å². The molecule has 0 atom stereocenters. The molecule has 0 saturated heterocycles. The molecule has 3 aromatic carbocycles. The Balaban J connectivity index is 1.70. The summed E-state index contributed by atoms with van der Waals surface area (Å²) >= 11 is 6.27. The number of fused-ring (bicyclic) bond motifs is 1. The smallest absolute Gasteiger partial charge is 0.238 e. The highest BCUT2D eigenvalue weighted by atomic mass is 35.5. The Hall–Kier alpha value is -3.25. The van der Waals surface area contributed by atoms with Crippen LogP contribution < -0.4 is 5.32 Å². The van der Waals surface area contributed by atoms with Crippen LogP contribution in [0.4, 0.5) is 5.69 Å². The predicted molar refractivity (Wildman–Crippen MR) is 131 cm³/mol. The van der Waals surface area contributed by atoms with E-state index in [4.69, 9.17) is 21.7 Å². The molecule has 162 valence electrons. The third-order valence-corrected chi connectivity index (χ3v) is 5.43. The summed E-state index contributed by atoms with van der Waals surface area (Å²) in [6, 6.07) is 25.6. The van der Waals surface area contributed by atoms with Crippen molar-refractivity contribution in [2.24, 2.45) is 0 Å². The van der Waals surface area contributed by atoms with E-state index in [2.05, 4.69) is 23.5 Å². The molecular formula is C26H24ClN3O2. The molecule has 4 rings (SSSR count). The number of hydrogen-bond acceptors (Lipinski definition) is 4. The average molecular weight is 446 g/mol. The second kappa shape index (κ2) is 9.92. The summed E-state index contributed by atoms with van der Waals surface area (Å²) < 4.78 is 0. The van der Waals surface area contributed by atoms with Crippen LogP contribution in [0.5, 0.6) is 0 Å². The van der Waals surface area contributed by atoms with Crippen LogP contribution in [0.1, 0.15) is 0 Å². The first-order valence-corrected chi connectivity index (χ1v) is 10.8. The quantitative estimate of drug-likeness (QED) is 0.416. The number of carbonyl (C=O) groups is 1. The molecule has 0 aliphatic heterocycles. The molecule has 4 aromatic rings. The van der Waals surface area contributed by atoms with E-state index < -0.39 is 0 Å². The van der Waals surface area contributed by atoms with Crippen molar-refractivity contribution in [2.75, 3.05) is 32.1 Å². The lowest BCUT2D eigenvalue weighted by molar-refractivity contribution is -0.117. The van der Waals surface area contributed by atoms with Gasteiger partial charge in [0.2, 0.25) is 5.91 Å². The Morgan fingerprint density at radius 1 is 1.00 bits per heavy atom. The maximum Gasteiger partial charge on any atom is 0.238 e. The van der Waals surface area contributed by atoms with Crippen LogP contribution in [0.2, 0.25) is 5.02 Å². The molecular weight excluding hydrogens is 422 g/mol. The van der Waals surface area contributed by atoms with Crippen molar-refractivity contribution in [3.05, 3.63) is 83.9 Å². The van der Waals surface area contributed by atoms with E-state index in [1.807, 2.05) is 60.7 Å². The average Bonchev–Trinajstić information content (AvgIpc) is 2.79. The van der Waals surface area contributed by atoms with Crippen LogP contribution in [-0.4, -0.2) is 47.6 Å². The van der Waals surface area contributed by atoms with E-state index in [-0.39, 0.29) is 19.1 Å². The number of amides is 1. The van der Waals surface area contributed by atoms with Gasteiger partial charge in [0, 0.05) is 28.2 Å². The van der Waals surface area contributed by atoms with Gasteiger partial charge < -0.3 is 10.4 Å². The Bertz CT molecular complexity index is 1240. The molecule has 0 bridgehead atoms. The summed E-state index contributed by atoms with van der Waals surface area (Å²) in [7, 11) is 1.79. The molecule has 0 aliphatic rings. The van der Waals surface area contributed by atoms with E-state index in [0.717, 1.165) is 33.3 Å². The summed E-state index contributed by atoms with van der Waals surface area (Å²) in [6.07, 6.45) is 0. The Labute approximate surface area is 192 Å². The lowest BCUT2D eigenvalue weighted by Crippen LogP contribution is -2.32. The molecule has 1 aromatic heterocycles. The first kappa shape index (κ1) is 22.0. The molecule has 0 fully saturated rings. The largest absolute Gasteiger partial charge is 0.395 e. The number of nitrogens with zero attached hydrogens (tertiary/aromatic N) is 2. The number of nitrogens with one attached hydrogen (secondary N) is 1. The number of carbonyl (C=O) groups excluding carboxylic acids is 1. The highest BCUT2D eigenvalue weighted by molar-refractivity contribution is 6.31. The third-order valence-electron chi connectivity index (χ3n) is 5.19. The fraction of sp³-hybridized carbons (Fsp3) is 0.154. The predicted octanol–water partition coefficient (Wildman–Crippen LogP) is 5.08. The molecule has 0 unspecified atom stereocenters. The number of rotatable bonds is 7. The fourth-order valence-electron chi connectivity index (χ4n) is 3.65. The Morgan fingerprint density at radius 2 is 1.78 bits per heavy atom. The first-order chi connectivity index (χ1) is 15.5. The van der Waals surface area contributed by atoms with E-state index in [1.54, 1.807) is 11.9 Å². The molecule has 32 heavy (non-hydrogen) atoms. The van der Waals surface area contributed by atoms with Crippen LogP contribution >= 0.6 is 11.6 Å². The van der Waals surface area contributed by atoms with Gasteiger partial charge >= 0.3 is 0 Å². The van der Waals surface area contributed by atoms with Gasteiger partial charge in [-0.05, 0) is 54.6 Å². The summed E-state index contributed by atoms with van der Waals surface area (Å²) in [5.41, 5.74) is 5.40. The van der Waals surface area contributed by atoms with Gasteiger partial charge in [0.25, 0.3) is 0 Å². The lowest BCUT2D eigenvalue weighted by atomic mass is 9.98. The van der Waals surface area contributed by atoms with Crippen molar-refractivity contribution in [2.45, 2.75) is 0 Å². The van der Waals surface area contributed by atoms with Crippen LogP contribution in [-0.2, 0) is 4.79 Å². The second-order valence-electron chi connectivity index (χ2n) is 7.67. The van der Waals surface area contributed by atoms with Crippen LogP contribution in [0.15, 0.2) is 78.9 Å². The zero-order chi connectivity index (χ0) is 22.5. The molecule has 0 aliphatic carbocycles. The number of benzene rings is 3. The standard InChI is InChI=1S/C26H24ClN3O2/c1-30(12-13-31)17-26(32)28-21-9-5-8-19(14-21)25-16-22(18-6-3-2-4-7-18)23-15-20(27)10-11-24(23)29-25/h2-11,14-16,31H,12-13,17H2,1H3,(H,28,32). The molecule has 0 saturated carbocycles. The van der Waals surface area contributed by atoms with E-state index in [0.29, 0.717) is 17.3 Å². The van der Waals surface area contributed by atoms with E-state index in [9.17, 15) is 4.79 Å². The number of aliphatic hydroxyl groups is 1. The summed E-state index contributed by atoms with van der Waals surface area (Å²) in [5.74, 6) is -0.135. The summed E-state index contributed by atoms with van der Waals surface area (Å²) in [4.78, 5) is 19.0. The van der Waals surface area contributed by atoms with Gasteiger partial charge in [-0.25, -0.2) is 4.98 Å². The maximum atomic E-state index is 12.3. The lowest BCUT2D eigenvalue weighted by Gasteiger charge is -2.15. The number of aliphatic hydroxyl groups excluding tert-OH is 1. The highest BCUT2D eigenvalue weighted by Crippen LogP contribution is 2.34. The van der Waals surface area contributed by atoms with Crippen LogP contribution in [0.3, 0.4) is 0 Å². The van der Waals surface area contributed by atoms with Crippen LogP contribution in [0, 0.1) is 0 Å². The van der Waals surface area contributed by atoms with Gasteiger partial charge in [-0.2, -0.15) is 0 Å². The minimum atomic E-state index is -0.135. The van der Waals surface area contributed by atoms with Gasteiger partial charge in [0.1, 0.15) is 0 Å². The van der Waals surface area contributed by atoms with Gasteiger partial charge in [0.05, 0.1) is 24.4 Å². The van der Waals surface area contributed by atoms with Crippen LogP contribution in [0.25, 0.3) is 33.3 Å². The Kier molecular flexibility index (Phi) is 6.81. The molecule has 5 nitrogen and oxygen atoms in total. The third kappa shape index (κ3) is 5.14. The van der Waals surface area contributed by atoms with Gasteiger partial charge in [0.15, 0.2) is 0 Å². The maximum absolute atomic E-state index is 12.3. The minimum Gasteiger partial charge on any atom is -0.395 e. The number of pyridine rings is 1. The number of anilines is 1. The van der Waals surface area contributed by atoms with Gasteiger partial charge in [-0.1, -0.05) is 54.1 Å². The Morgan fingerprint density at radius 3 is 2.56 bits per heavy atom. The van der Waals surface area contributed by atoms with Crippen molar-refractivity contribution in [1.82, 2.24) is 9.88 Å². The molecule has 1 amide bonds. The van der Waals surface area contributed by atoms with E-state index in [1.165, 1.54) is 0 Å². The van der Waals surface area contributed by atoms with Crippen molar-refractivity contribution in [1.29, 1.82) is 0 Å². The SMILES string of the molecule is CN(CCO)CC(=O)Nc1cccc(-c2cc(-c3ccccc3)c3cc(Cl)ccc3n2)c1. The van der Waals surface area contributed by atoms with Crippen molar-refractivity contribution < 1.29 is 9.90 Å². The minimum absolute atomic E-state index is 0.0157. The van der Waals surface area contributed by atoms with E-state index >= 15 is 0 Å². The number of aromatic nitrogens is 1. The summed E-state index contributed by atoms with van der Waals surface area (Å²) in [5, 5.41) is 13.6. The molecule has 2 N–H and O–H groups in total. The second-order valence-corrected chi connectivity index (χ2v) is 8.11. The number of hydrogen-bond donors (Lipinski definition) is 2. The van der Waals surface area contributed by atoms with Crippen molar-refractivity contribution in [3.63, 3.8) is 0 Å². The molecule has 1 heterocycles. The molecule has 6 heteroatoms. The van der Waals surface area contributed by atoms with Crippen molar-refractivity contribution in [3.8, 4) is 22.4 Å². The fourth-order valence-corrected chi connectivity index (χ4v) is 3.83. The molecule has 0 radical (unpaired) electrons. The normalized spacial score (nSPS) is 11.1. The van der Waals surface area contributed by atoms with Gasteiger partial charge in [-0.3, -0.25) is 9.69 Å². The zero-order valence-corrected chi connectivity index (χ0v) is 18.5. The number of halogens is 1. The monoisotopic (exact) mass is 445 g/mol. The first-order valence-electron chi connectivity index (χ1n) is 10.4. The number of likely N-dealkylation sites (N-methyl/N-ethyl adjacent to an activating group) is 1.